The van der Waals surface area contributed by atoms with E-state index in [4.69, 9.17) is 17.4 Å². The Morgan fingerprint density at radius 3 is 2.61 bits per heavy atom. The van der Waals surface area contributed by atoms with Gasteiger partial charge in [-0.1, -0.05) is 25.4 Å². The fourth-order valence-corrected chi connectivity index (χ4v) is 2.30. The number of nitrogens with one attached hydrogen (secondary N) is 1. The molecule has 0 aliphatic carbocycles. The van der Waals surface area contributed by atoms with Crippen molar-refractivity contribution in [2.45, 2.75) is 13.8 Å². The molecule has 5 nitrogen and oxygen atoms in total. The number of pyridine rings is 1. The molecule has 1 aromatic rings. The van der Waals surface area contributed by atoms with Gasteiger partial charge < -0.3 is 10.3 Å². The number of carbonyl (C=O) groups is 1. The van der Waals surface area contributed by atoms with Crippen molar-refractivity contribution in [2.24, 2.45) is 17.7 Å². The SMILES string of the molecule is CC1CN(C(=O)c2nc(NN)ccc2Cl)CC1C. The Hall–Kier alpha value is -1.33. The van der Waals surface area contributed by atoms with Crippen LogP contribution in [0.25, 0.3) is 0 Å². The van der Waals surface area contributed by atoms with Gasteiger partial charge in [0.1, 0.15) is 11.5 Å². The van der Waals surface area contributed by atoms with E-state index in [1.165, 1.54) is 0 Å². The first-order chi connectivity index (χ1) is 8.52. The summed E-state index contributed by atoms with van der Waals surface area (Å²) in [4.78, 5) is 18.3. The van der Waals surface area contributed by atoms with Crippen LogP contribution in [0.3, 0.4) is 0 Å². The fraction of sp³-hybridized carbons (Fsp3) is 0.500. The molecule has 0 spiro atoms. The van der Waals surface area contributed by atoms with Gasteiger partial charge in [0.2, 0.25) is 0 Å². The van der Waals surface area contributed by atoms with Crippen molar-refractivity contribution < 1.29 is 4.79 Å². The van der Waals surface area contributed by atoms with Gasteiger partial charge in [0.25, 0.3) is 5.91 Å². The zero-order valence-corrected chi connectivity index (χ0v) is 11.2. The third kappa shape index (κ3) is 2.42. The summed E-state index contributed by atoms with van der Waals surface area (Å²) in [5.41, 5.74) is 2.67. The van der Waals surface area contributed by atoms with E-state index in [9.17, 15) is 4.79 Å². The molecule has 2 heterocycles. The number of hydrogen-bond acceptors (Lipinski definition) is 4. The van der Waals surface area contributed by atoms with Gasteiger partial charge in [-0.25, -0.2) is 10.8 Å². The third-order valence-corrected chi connectivity index (χ3v) is 3.78. The highest BCUT2D eigenvalue weighted by Crippen LogP contribution is 2.25. The summed E-state index contributed by atoms with van der Waals surface area (Å²) in [6.45, 7) is 5.78. The van der Waals surface area contributed by atoms with E-state index in [1.807, 2.05) is 0 Å². The lowest BCUT2D eigenvalue weighted by Crippen LogP contribution is -2.30. The Bertz CT molecular complexity index is 455. The molecule has 1 aromatic heterocycles. The van der Waals surface area contributed by atoms with Gasteiger partial charge in [-0.2, -0.15) is 0 Å². The Morgan fingerprint density at radius 2 is 2.06 bits per heavy atom. The molecule has 6 heteroatoms. The summed E-state index contributed by atoms with van der Waals surface area (Å²) in [6, 6.07) is 3.26. The highest BCUT2D eigenvalue weighted by Gasteiger charge is 2.31. The van der Waals surface area contributed by atoms with Crippen molar-refractivity contribution in [1.29, 1.82) is 0 Å². The van der Waals surface area contributed by atoms with Crippen LogP contribution in [0.15, 0.2) is 12.1 Å². The smallest absolute Gasteiger partial charge is 0.274 e. The largest absolute Gasteiger partial charge is 0.337 e. The molecule has 0 radical (unpaired) electrons. The summed E-state index contributed by atoms with van der Waals surface area (Å²) >= 11 is 6.02. The number of nitrogen functional groups attached to an aromatic ring is 1. The van der Waals surface area contributed by atoms with Crippen LogP contribution in [0.5, 0.6) is 0 Å². The minimum Gasteiger partial charge on any atom is -0.337 e. The number of hydrogen-bond donors (Lipinski definition) is 2. The molecule has 18 heavy (non-hydrogen) atoms. The van der Waals surface area contributed by atoms with Crippen LogP contribution < -0.4 is 11.3 Å². The first-order valence-electron chi connectivity index (χ1n) is 5.95. The average Bonchev–Trinajstić information content (AvgIpc) is 2.69. The molecule has 0 saturated carbocycles. The van der Waals surface area contributed by atoms with Crippen LogP contribution in [-0.4, -0.2) is 28.9 Å². The predicted molar refractivity (Wildman–Crippen MR) is 71.3 cm³/mol. The lowest BCUT2D eigenvalue weighted by atomic mass is 10.0. The van der Waals surface area contributed by atoms with Gasteiger partial charge in [-0.3, -0.25) is 4.79 Å². The quantitative estimate of drug-likeness (QED) is 0.633. The molecular weight excluding hydrogens is 252 g/mol. The van der Waals surface area contributed by atoms with Gasteiger partial charge >= 0.3 is 0 Å². The summed E-state index contributed by atoms with van der Waals surface area (Å²) in [7, 11) is 0. The van der Waals surface area contributed by atoms with Crippen LogP contribution in [0.1, 0.15) is 24.3 Å². The standard InChI is InChI=1S/C12H17ClN4O/c1-7-5-17(6-8(7)2)12(18)11-9(13)3-4-10(15-11)16-14/h3-4,7-8H,5-6,14H2,1-2H3,(H,15,16). The minimum atomic E-state index is -0.131. The second-order valence-corrected chi connectivity index (χ2v) is 5.24. The van der Waals surface area contributed by atoms with Crippen LogP contribution >= 0.6 is 11.6 Å². The highest BCUT2D eigenvalue weighted by atomic mass is 35.5. The van der Waals surface area contributed by atoms with Crippen molar-refractivity contribution in [3.63, 3.8) is 0 Å². The summed E-state index contributed by atoms with van der Waals surface area (Å²) < 4.78 is 0. The number of aromatic nitrogens is 1. The molecule has 1 aliphatic heterocycles. The Morgan fingerprint density at radius 1 is 1.44 bits per heavy atom. The molecule has 98 valence electrons. The normalized spacial score (nSPS) is 23.2. The van der Waals surface area contributed by atoms with Gasteiger partial charge in [-0.05, 0) is 24.0 Å². The number of halogens is 1. The van der Waals surface area contributed by atoms with E-state index in [2.05, 4.69) is 24.3 Å². The zero-order chi connectivity index (χ0) is 13.3. The number of rotatable bonds is 2. The van der Waals surface area contributed by atoms with Crippen LogP contribution in [0, 0.1) is 11.8 Å². The van der Waals surface area contributed by atoms with E-state index in [0.29, 0.717) is 22.7 Å². The molecule has 1 aliphatic rings. The molecule has 2 unspecified atom stereocenters. The second-order valence-electron chi connectivity index (χ2n) is 4.84. The third-order valence-electron chi connectivity index (χ3n) is 3.47. The lowest BCUT2D eigenvalue weighted by Gasteiger charge is -2.16. The lowest BCUT2D eigenvalue weighted by molar-refractivity contribution is 0.0779. The fourth-order valence-electron chi connectivity index (χ4n) is 2.12. The second kappa shape index (κ2) is 5.12. The number of anilines is 1. The average molecular weight is 269 g/mol. The molecule has 1 saturated heterocycles. The van der Waals surface area contributed by atoms with Gasteiger partial charge in [0, 0.05) is 13.1 Å². The Kier molecular flexibility index (Phi) is 3.73. The number of nitrogens with two attached hydrogens (primary N) is 1. The highest BCUT2D eigenvalue weighted by molar-refractivity contribution is 6.33. The van der Waals surface area contributed by atoms with E-state index in [0.717, 1.165) is 13.1 Å². The minimum absolute atomic E-state index is 0.131. The maximum Gasteiger partial charge on any atom is 0.274 e. The zero-order valence-electron chi connectivity index (χ0n) is 10.5. The van der Waals surface area contributed by atoms with E-state index < -0.39 is 0 Å². The summed E-state index contributed by atoms with van der Waals surface area (Å²) in [6.07, 6.45) is 0. The van der Waals surface area contributed by atoms with Crippen LogP contribution in [0.4, 0.5) is 5.82 Å². The summed E-state index contributed by atoms with van der Waals surface area (Å²) in [5.74, 6) is 6.59. The first kappa shape index (κ1) is 13.1. The molecule has 2 atom stereocenters. The van der Waals surface area contributed by atoms with E-state index >= 15 is 0 Å². The van der Waals surface area contributed by atoms with Gasteiger partial charge in [0.15, 0.2) is 0 Å². The van der Waals surface area contributed by atoms with Gasteiger partial charge in [-0.15, -0.1) is 0 Å². The molecule has 2 rings (SSSR count). The number of amides is 1. The number of hydrazine groups is 1. The van der Waals surface area contributed by atoms with E-state index in [-0.39, 0.29) is 11.6 Å². The van der Waals surface area contributed by atoms with Crippen molar-refractivity contribution in [1.82, 2.24) is 9.88 Å². The number of nitrogens with zero attached hydrogens (tertiary/aromatic N) is 2. The first-order valence-corrected chi connectivity index (χ1v) is 6.33. The van der Waals surface area contributed by atoms with Crippen molar-refractivity contribution >= 4 is 23.3 Å². The van der Waals surface area contributed by atoms with Crippen LogP contribution in [-0.2, 0) is 0 Å². The summed E-state index contributed by atoms with van der Waals surface area (Å²) in [5, 5.41) is 0.353. The molecule has 0 bridgehead atoms. The molecule has 1 fully saturated rings. The number of likely N-dealkylation sites (tertiary alicyclic amines) is 1. The Labute approximate surface area is 111 Å². The topological polar surface area (TPSA) is 71.2 Å². The molecule has 0 aromatic carbocycles. The van der Waals surface area contributed by atoms with Crippen molar-refractivity contribution in [3.8, 4) is 0 Å². The monoisotopic (exact) mass is 268 g/mol. The van der Waals surface area contributed by atoms with Crippen LogP contribution in [0.2, 0.25) is 5.02 Å². The molecule has 1 amide bonds. The Balaban J connectivity index is 2.23. The van der Waals surface area contributed by atoms with Crippen molar-refractivity contribution in [2.75, 3.05) is 18.5 Å². The van der Waals surface area contributed by atoms with Crippen molar-refractivity contribution in [3.05, 3.63) is 22.8 Å². The molecular formula is C12H17ClN4O. The number of carbonyl (C=O) groups excluding carboxylic acids is 1. The maximum atomic E-state index is 12.3. The maximum absolute atomic E-state index is 12.3. The predicted octanol–water partition coefficient (Wildman–Crippen LogP) is 1.75. The molecule has 3 N–H and O–H groups in total. The van der Waals surface area contributed by atoms with E-state index in [1.54, 1.807) is 17.0 Å². The van der Waals surface area contributed by atoms with Gasteiger partial charge in [0.05, 0.1) is 5.02 Å².